The highest BCUT2D eigenvalue weighted by molar-refractivity contribution is 6.09. The van der Waals surface area contributed by atoms with Crippen LogP contribution in [-0.2, 0) is 0 Å². The Labute approximate surface area is 212 Å². The van der Waals surface area contributed by atoms with E-state index < -0.39 is 0 Å². The summed E-state index contributed by atoms with van der Waals surface area (Å²) in [5, 5.41) is 22.4. The standard InChI is InChI=1S/C27H28O10/c1-14(28)18-20(30)26(24-16(8-12-36-24)22(18)32-3)34-10-6-5-7-11-35-27-21(31)19(15(2)29)23(33-4)17-9-13-37-25(17)27/h8-9,12-13,30-31H,5-7,10-11H2,1-4H3. The molecule has 0 saturated carbocycles. The second kappa shape index (κ2) is 10.7. The third kappa shape index (κ3) is 4.62. The summed E-state index contributed by atoms with van der Waals surface area (Å²) in [7, 11) is 2.83. The highest BCUT2D eigenvalue weighted by Crippen LogP contribution is 2.47. The smallest absolute Gasteiger partial charge is 0.205 e. The molecule has 2 aromatic carbocycles. The summed E-state index contributed by atoms with van der Waals surface area (Å²) < 4.78 is 33.2. The summed E-state index contributed by atoms with van der Waals surface area (Å²) in [6, 6.07) is 3.29. The minimum Gasteiger partial charge on any atom is -0.504 e. The Bertz CT molecular complexity index is 1350. The lowest BCUT2D eigenvalue weighted by Crippen LogP contribution is -2.05. The van der Waals surface area contributed by atoms with Gasteiger partial charge in [-0.05, 0) is 45.2 Å². The molecule has 37 heavy (non-hydrogen) atoms. The number of phenolic OH excluding ortho intramolecular Hbond substituents is 2. The van der Waals surface area contributed by atoms with E-state index in [1.54, 1.807) is 12.1 Å². The van der Waals surface area contributed by atoms with Crippen molar-refractivity contribution in [2.75, 3.05) is 27.4 Å². The van der Waals surface area contributed by atoms with Crippen molar-refractivity contribution < 1.29 is 47.6 Å². The van der Waals surface area contributed by atoms with Crippen LogP contribution in [0.4, 0.5) is 0 Å². The van der Waals surface area contributed by atoms with Crippen LogP contribution in [0.25, 0.3) is 21.9 Å². The molecule has 2 aromatic heterocycles. The van der Waals surface area contributed by atoms with E-state index >= 15 is 0 Å². The number of phenols is 2. The predicted molar refractivity (Wildman–Crippen MR) is 134 cm³/mol. The number of aromatic hydroxyl groups is 2. The van der Waals surface area contributed by atoms with Crippen molar-refractivity contribution in [1.29, 1.82) is 0 Å². The van der Waals surface area contributed by atoms with Gasteiger partial charge in [0.1, 0.15) is 22.6 Å². The maximum Gasteiger partial charge on any atom is 0.205 e. The molecule has 4 rings (SSSR count). The van der Waals surface area contributed by atoms with Crippen LogP contribution in [0.5, 0.6) is 34.5 Å². The van der Waals surface area contributed by atoms with Gasteiger partial charge in [-0.3, -0.25) is 9.59 Å². The first-order chi connectivity index (χ1) is 17.8. The van der Waals surface area contributed by atoms with E-state index in [1.165, 1.54) is 40.6 Å². The van der Waals surface area contributed by atoms with Gasteiger partial charge >= 0.3 is 0 Å². The number of carbonyl (C=O) groups excluding carboxylic acids is 2. The number of furan rings is 2. The zero-order valence-corrected chi connectivity index (χ0v) is 21.0. The fourth-order valence-corrected chi connectivity index (χ4v) is 4.33. The van der Waals surface area contributed by atoms with Gasteiger partial charge in [-0.2, -0.15) is 0 Å². The first-order valence-electron chi connectivity index (χ1n) is 11.7. The normalized spacial score (nSPS) is 11.1. The van der Waals surface area contributed by atoms with E-state index in [2.05, 4.69) is 0 Å². The number of ether oxygens (including phenoxy) is 4. The Morgan fingerprint density at radius 1 is 0.703 bits per heavy atom. The monoisotopic (exact) mass is 512 g/mol. The van der Waals surface area contributed by atoms with Gasteiger partial charge in [-0.25, -0.2) is 0 Å². The van der Waals surface area contributed by atoms with Crippen LogP contribution < -0.4 is 18.9 Å². The Morgan fingerprint density at radius 3 is 1.46 bits per heavy atom. The molecule has 10 heteroatoms. The Morgan fingerprint density at radius 2 is 1.11 bits per heavy atom. The summed E-state index contributed by atoms with van der Waals surface area (Å²) in [5.74, 6) is -0.732. The van der Waals surface area contributed by atoms with E-state index in [-0.39, 0.29) is 70.4 Å². The first-order valence-corrected chi connectivity index (χ1v) is 11.7. The maximum atomic E-state index is 12.1. The number of fused-ring (bicyclic) bond motifs is 2. The van der Waals surface area contributed by atoms with Crippen LogP contribution >= 0.6 is 0 Å². The highest BCUT2D eigenvalue weighted by Gasteiger charge is 2.27. The van der Waals surface area contributed by atoms with Gasteiger partial charge in [0.2, 0.25) is 11.5 Å². The number of methoxy groups -OCH3 is 2. The summed E-state index contributed by atoms with van der Waals surface area (Å²) in [6.45, 7) is 3.17. The van der Waals surface area contributed by atoms with E-state index in [1.807, 2.05) is 0 Å². The molecule has 0 atom stereocenters. The lowest BCUT2D eigenvalue weighted by molar-refractivity contribution is 0.0998. The average molecular weight is 513 g/mol. The van der Waals surface area contributed by atoms with Crippen molar-refractivity contribution in [2.45, 2.75) is 33.1 Å². The molecule has 196 valence electrons. The summed E-state index contributed by atoms with van der Waals surface area (Å²) in [4.78, 5) is 24.2. The predicted octanol–water partition coefficient (Wildman–Crippen LogP) is 5.64. The van der Waals surface area contributed by atoms with Crippen molar-refractivity contribution >= 4 is 33.5 Å². The Hall–Kier alpha value is -4.34. The molecule has 2 N–H and O–H groups in total. The molecule has 0 amide bonds. The number of carbonyl (C=O) groups is 2. The molecule has 2 heterocycles. The largest absolute Gasteiger partial charge is 0.504 e. The summed E-state index contributed by atoms with van der Waals surface area (Å²) >= 11 is 0. The number of Topliss-reactive ketones (excluding diaryl/α,β-unsaturated/α-hetero) is 2. The van der Waals surface area contributed by atoms with Gasteiger partial charge in [0.05, 0.1) is 50.7 Å². The highest BCUT2D eigenvalue weighted by atomic mass is 16.5. The SMILES string of the molecule is COc1c(C(C)=O)c(O)c(OCCCCCOc2c(O)c(C(C)=O)c(OC)c3ccoc23)c2occc12. The van der Waals surface area contributed by atoms with Crippen LogP contribution in [-0.4, -0.2) is 49.2 Å². The third-order valence-corrected chi connectivity index (χ3v) is 5.98. The molecular weight excluding hydrogens is 484 g/mol. The molecule has 0 aliphatic heterocycles. The van der Waals surface area contributed by atoms with E-state index in [0.717, 1.165) is 0 Å². The maximum absolute atomic E-state index is 12.1. The zero-order chi connectivity index (χ0) is 26.7. The third-order valence-electron chi connectivity index (χ3n) is 5.98. The molecule has 10 nitrogen and oxygen atoms in total. The zero-order valence-electron chi connectivity index (χ0n) is 21.0. The fourth-order valence-electron chi connectivity index (χ4n) is 4.33. The van der Waals surface area contributed by atoms with Gasteiger partial charge in [0.15, 0.2) is 34.2 Å². The Kier molecular flexibility index (Phi) is 7.47. The number of benzene rings is 2. The lowest BCUT2D eigenvalue weighted by atomic mass is 10.0. The van der Waals surface area contributed by atoms with Crippen molar-refractivity contribution in [3.63, 3.8) is 0 Å². The van der Waals surface area contributed by atoms with Crippen molar-refractivity contribution in [3.8, 4) is 34.5 Å². The molecule has 0 bridgehead atoms. The first kappa shape index (κ1) is 25.7. The number of rotatable bonds is 12. The second-order valence-corrected chi connectivity index (χ2v) is 8.37. The fraction of sp³-hybridized carbons (Fsp3) is 0.333. The number of hydrogen-bond acceptors (Lipinski definition) is 10. The van der Waals surface area contributed by atoms with Gasteiger partial charge in [-0.1, -0.05) is 0 Å². The average Bonchev–Trinajstić information content (AvgIpc) is 3.54. The summed E-state index contributed by atoms with van der Waals surface area (Å²) in [5.41, 5.74) is 0.657. The molecular formula is C27H28O10. The topological polar surface area (TPSA) is 138 Å². The summed E-state index contributed by atoms with van der Waals surface area (Å²) in [6.07, 6.45) is 4.77. The van der Waals surface area contributed by atoms with Gasteiger partial charge in [0, 0.05) is 0 Å². The molecule has 0 saturated heterocycles. The Balaban J connectivity index is 1.39. The second-order valence-electron chi connectivity index (χ2n) is 8.37. The molecule has 0 fully saturated rings. The molecule has 0 spiro atoms. The van der Waals surface area contributed by atoms with Crippen LogP contribution in [0.2, 0.25) is 0 Å². The molecule has 4 aromatic rings. The van der Waals surface area contributed by atoms with Crippen LogP contribution in [0.1, 0.15) is 53.8 Å². The van der Waals surface area contributed by atoms with Crippen LogP contribution in [0.15, 0.2) is 33.5 Å². The quantitative estimate of drug-likeness (QED) is 0.181. The van der Waals surface area contributed by atoms with Crippen molar-refractivity contribution in [1.82, 2.24) is 0 Å². The molecule has 0 aliphatic rings. The van der Waals surface area contributed by atoms with Gasteiger partial charge in [0.25, 0.3) is 0 Å². The van der Waals surface area contributed by atoms with Crippen LogP contribution in [0, 0.1) is 0 Å². The molecule has 0 unspecified atom stereocenters. The van der Waals surface area contributed by atoms with Crippen molar-refractivity contribution in [3.05, 3.63) is 35.8 Å². The van der Waals surface area contributed by atoms with Crippen LogP contribution in [0.3, 0.4) is 0 Å². The van der Waals surface area contributed by atoms with Crippen molar-refractivity contribution in [2.24, 2.45) is 0 Å². The van der Waals surface area contributed by atoms with E-state index in [0.29, 0.717) is 41.2 Å². The van der Waals surface area contributed by atoms with E-state index in [9.17, 15) is 19.8 Å². The number of unbranched alkanes of at least 4 members (excludes halogenated alkanes) is 2. The molecule has 0 radical (unpaired) electrons. The van der Waals surface area contributed by atoms with E-state index in [4.69, 9.17) is 27.8 Å². The van der Waals surface area contributed by atoms with Gasteiger partial charge < -0.3 is 38.0 Å². The number of hydrogen-bond donors (Lipinski definition) is 2. The minimum absolute atomic E-state index is 0.0354. The molecule has 0 aliphatic carbocycles. The minimum atomic E-state index is -0.361. The lowest BCUT2D eigenvalue weighted by Gasteiger charge is -2.15. The van der Waals surface area contributed by atoms with Gasteiger partial charge in [-0.15, -0.1) is 0 Å². The number of ketones is 2.